The van der Waals surface area contributed by atoms with E-state index in [1.807, 2.05) is 30.4 Å². The van der Waals surface area contributed by atoms with E-state index in [0.717, 1.165) is 46.9 Å². The minimum absolute atomic E-state index is 0.0445. The number of rotatable bonds is 10. The Labute approximate surface area is 247 Å². The molecule has 4 rings (SSSR count). The number of benzene rings is 1. The van der Waals surface area contributed by atoms with Crippen LogP contribution < -0.4 is 0 Å². The number of hydrazone groups is 1. The first kappa shape index (κ1) is 30.0. The van der Waals surface area contributed by atoms with Crippen LogP contribution in [-0.4, -0.2) is 57.6 Å². The summed E-state index contributed by atoms with van der Waals surface area (Å²) < 4.78 is 0. The number of fused-ring (bicyclic) bond motifs is 1. The molecule has 1 aromatic carbocycles. The second kappa shape index (κ2) is 12.7. The van der Waals surface area contributed by atoms with E-state index in [1.165, 1.54) is 22.3 Å². The third-order valence-corrected chi connectivity index (χ3v) is 8.25. The minimum atomic E-state index is -0.0445. The van der Waals surface area contributed by atoms with Gasteiger partial charge >= 0.3 is 0 Å². The Hall–Kier alpha value is -3.93. The van der Waals surface area contributed by atoms with Gasteiger partial charge < -0.3 is 9.80 Å². The number of pyridine rings is 1. The monoisotopic (exact) mass is 550 g/mol. The zero-order valence-corrected chi connectivity index (χ0v) is 26.3. The molecule has 41 heavy (non-hydrogen) atoms. The molecule has 6 nitrogen and oxygen atoms in total. The highest BCUT2D eigenvalue weighted by Gasteiger charge is 2.34. The number of likely N-dealkylation sites (N-methyl/N-ethyl adjacent to an activating group) is 2. The Morgan fingerprint density at radius 1 is 1.15 bits per heavy atom. The fourth-order valence-electron chi connectivity index (χ4n) is 5.83. The number of nitrogens with zero attached hydrogens (tertiary/aromatic N) is 6. The maximum absolute atomic E-state index is 5.27. The molecule has 0 N–H and O–H groups in total. The average molecular weight is 551 g/mol. The summed E-state index contributed by atoms with van der Waals surface area (Å²) in [6.45, 7) is 19.4. The normalized spacial score (nSPS) is 19.1. The van der Waals surface area contributed by atoms with E-state index in [0.29, 0.717) is 0 Å². The summed E-state index contributed by atoms with van der Waals surface area (Å²) >= 11 is 0. The zero-order chi connectivity index (χ0) is 29.8. The van der Waals surface area contributed by atoms with Gasteiger partial charge in [0.25, 0.3) is 0 Å². The van der Waals surface area contributed by atoms with Gasteiger partial charge in [0.2, 0.25) is 0 Å². The Kier molecular flexibility index (Phi) is 9.31. The summed E-state index contributed by atoms with van der Waals surface area (Å²) in [5, 5.41) is 6.73. The molecule has 3 heterocycles. The van der Waals surface area contributed by atoms with Crippen molar-refractivity contribution in [2.45, 2.75) is 79.6 Å². The van der Waals surface area contributed by atoms with Gasteiger partial charge in [0, 0.05) is 49.4 Å². The van der Waals surface area contributed by atoms with Gasteiger partial charge in [-0.2, -0.15) is 5.10 Å². The van der Waals surface area contributed by atoms with Gasteiger partial charge in [-0.3, -0.25) is 15.0 Å². The van der Waals surface area contributed by atoms with Crippen LogP contribution in [0.25, 0.3) is 0 Å². The predicted octanol–water partition coefficient (Wildman–Crippen LogP) is 7.42. The van der Waals surface area contributed by atoms with Crippen molar-refractivity contribution in [1.29, 1.82) is 0 Å². The van der Waals surface area contributed by atoms with E-state index in [4.69, 9.17) is 15.1 Å². The van der Waals surface area contributed by atoms with Gasteiger partial charge in [0.1, 0.15) is 12.0 Å². The molecule has 6 heteroatoms. The lowest BCUT2D eigenvalue weighted by molar-refractivity contribution is 0.218. The van der Waals surface area contributed by atoms with Gasteiger partial charge in [-0.25, -0.2) is 0 Å². The van der Waals surface area contributed by atoms with Gasteiger partial charge in [-0.05, 0) is 82.4 Å². The number of aliphatic imine (C=N–C) groups is 1. The SMILES string of the molecule is C=C/C(C(=NC(C)CC)c1cccnc1CC)=C(/C)C(c1ccc(C)cc1)N(C)C1=CN2C(C)=NN(C)C2C(C)=C1. The summed E-state index contributed by atoms with van der Waals surface area (Å²) in [6, 6.07) is 13.2. The molecule has 0 saturated heterocycles. The molecule has 2 aliphatic heterocycles. The van der Waals surface area contributed by atoms with Crippen LogP contribution in [0.3, 0.4) is 0 Å². The second-order valence-corrected chi connectivity index (χ2v) is 11.3. The lowest BCUT2D eigenvalue weighted by Gasteiger charge is -2.38. The van der Waals surface area contributed by atoms with Crippen molar-refractivity contribution < 1.29 is 0 Å². The van der Waals surface area contributed by atoms with Crippen molar-refractivity contribution in [2.24, 2.45) is 10.1 Å². The summed E-state index contributed by atoms with van der Waals surface area (Å²) in [7, 11) is 4.22. The van der Waals surface area contributed by atoms with Crippen molar-refractivity contribution in [3.8, 4) is 0 Å². The lowest BCUT2D eigenvalue weighted by atomic mass is 9.88. The number of aromatic nitrogens is 1. The Morgan fingerprint density at radius 3 is 2.49 bits per heavy atom. The Balaban J connectivity index is 1.92. The summed E-state index contributed by atoms with van der Waals surface area (Å²) in [4.78, 5) is 14.6. The Morgan fingerprint density at radius 2 is 1.85 bits per heavy atom. The number of amidine groups is 1. The standard InChI is InChI=1S/C35H46N6/c1-11-25(6)37-33(31-15-14-20-36-32(31)13-3)30(12-2)26(7)34(28-18-16-23(4)17-19-28)39(9)29-21-24(5)35-40(10)38-27(8)41(35)22-29/h12,14-22,25,34-35H,2,11,13H2,1,3-10H3/b30-26+,37-33?. The van der Waals surface area contributed by atoms with Crippen molar-refractivity contribution in [1.82, 2.24) is 19.8 Å². The minimum Gasteiger partial charge on any atom is -0.363 e. The van der Waals surface area contributed by atoms with E-state index in [9.17, 15) is 0 Å². The number of hydrogen-bond acceptors (Lipinski definition) is 6. The summed E-state index contributed by atoms with van der Waals surface area (Å²) in [5.74, 6) is 0.994. The highest BCUT2D eigenvalue weighted by Crippen LogP contribution is 2.37. The van der Waals surface area contributed by atoms with Crippen molar-refractivity contribution in [3.05, 3.63) is 112 Å². The molecule has 0 radical (unpaired) electrons. The first-order valence-electron chi connectivity index (χ1n) is 14.7. The molecule has 2 aromatic rings. The van der Waals surface area contributed by atoms with E-state index >= 15 is 0 Å². The molecule has 3 atom stereocenters. The van der Waals surface area contributed by atoms with Crippen LogP contribution in [0.4, 0.5) is 0 Å². The molecule has 0 amide bonds. The van der Waals surface area contributed by atoms with Crippen LogP contribution in [0.5, 0.6) is 0 Å². The Bertz CT molecular complexity index is 1420. The summed E-state index contributed by atoms with van der Waals surface area (Å²) in [6.07, 6.45) is 10.3. The predicted molar refractivity (Wildman–Crippen MR) is 173 cm³/mol. The van der Waals surface area contributed by atoms with Gasteiger partial charge in [0.15, 0.2) is 0 Å². The van der Waals surface area contributed by atoms with E-state index < -0.39 is 0 Å². The summed E-state index contributed by atoms with van der Waals surface area (Å²) in [5.41, 5.74) is 10.2. The molecule has 1 aromatic heterocycles. The van der Waals surface area contributed by atoms with Crippen LogP contribution in [0.2, 0.25) is 0 Å². The average Bonchev–Trinajstić information content (AvgIpc) is 3.26. The third kappa shape index (κ3) is 6.07. The van der Waals surface area contributed by atoms with Crippen LogP contribution in [0.15, 0.2) is 100 Å². The smallest absolute Gasteiger partial charge is 0.145 e. The topological polar surface area (TPSA) is 47.3 Å². The fraction of sp³-hybridized carbons (Fsp3) is 0.400. The molecule has 216 valence electrons. The van der Waals surface area contributed by atoms with E-state index in [-0.39, 0.29) is 18.2 Å². The maximum atomic E-state index is 5.27. The quantitative estimate of drug-likeness (QED) is 0.228. The van der Waals surface area contributed by atoms with E-state index in [1.54, 1.807) is 0 Å². The van der Waals surface area contributed by atoms with Crippen LogP contribution in [0, 0.1) is 6.92 Å². The highest BCUT2D eigenvalue weighted by atomic mass is 15.6. The highest BCUT2D eigenvalue weighted by molar-refractivity contribution is 6.15. The molecular formula is C35H46N6. The molecule has 3 unspecified atom stereocenters. The molecule has 0 bridgehead atoms. The fourth-order valence-corrected chi connectivity index (χ4v) is 5.83. The van der Waals surface area contributed by atoms with Gasteiger partial charge in [0.05, 0.1) is 17.5 Å². The van der Waals surface area contributed by atoms with Gasteiger partial charge in [-0.15, -0.1) is 0 Å². The molecular weight excluding hydrogens is 504 g/mol. The number of aryl methyl sites for hydroxylation is 2. The first-order valence-corrected chi connectivity index (χ1v) is 14.7. The molecule has 0 spiro atoms. The van der Waals surface area contributed by atoms with Gasteiger partial charge in [-0.1, -0.05) is 56.3 Å². The van der Waals surface area contributed by atoms with Crippen molar-refractivity contribution in [2.75, 3.05) is 14.1 Å². The maximum Gasteiger partial charge on any atom is 0.145 e. The van der Waals surface area contributed by atoms with Crippen LogP contribution in [0.1, 0.15) is 76.4 Å². The molecule has 0 fully saturated rings. The van der Waals surface area contributed by atoms with Crippen LogP contribution >= 0.6 is 0 Å². The third-order valence-electron chi connectivity index (χ3n) is 8.25. The first-order chi connectivity index (χ1) is 19.6. The second-order valence-electron chi connectivity index (χ2n) is 11.3. The zero-order valence-electron chi connectivity index (χ0n) is 26.3. The molecule has 2 aliphatic rings. The molecule has 0 saturated carbocycles. The number of hydrogen-bond donors (Lipinski definition) is 0. The van der Waals surface area contributed by atoms with Crippen LogP contribution in [-0.2, 0) is 6.42 Å². The lowest BCUT2D eigenvalue weighted by Crippen LogP contribution is -2.41. The van der Waals surface area contributed by atoms with E-state index in [2.05, 4.69) is 115 Å². The van der Waals surface area contributed by atoms with Crippen molar-refractivity contribution >= 4 is 11.5 Å². The van der Waals surface area contributed by atoms with Crippen molar-refractivity contribution in [3.63, 3.8) is 0 Å². The molecule has 0 aliphatic carbocycles. The number of allylic oxidation sites excluding steroid dienone is 3. The largest absolute Gasteiger partial charge is 0.363 e.